The van der Waals surface area contributed by atoms with Crippen molar-refractivity contribution < 1.29 is 0 Å². The molecule has 2 N–H and O–H groups in total. The van der Waals surface area contributed by atoms with E-state index < -0.39 is 0 Å². The van der Waals surface area contributed by atoms with Gasteiger partial charge in [-0.1, -0.05) is 43.1 Å². The Labute approximate surface area is 114 Å². The quantitative estimate of drug-likeness (QED) is 0.891. The molecule has 5 heteroatoms. The lowest BCUT2D eigenvalue weighted by molar-refractivity contribution is 0.622. The molecule has 2 nitrogen and oxygen atoms in total. The van der Waals surface area contributed by atoms with Gasteiger partial charge < -0.3 is 5.73 Å². The Kier molecular flexibility index (Phi) is 3.34. The third-order valence-corrected chi connectivity index (χ3v) is 3.99. The van der Waals surface area contributed by atoms with Crippen LogP contribution in [0, 0.1) is 0 Å². The Hall–Kier alpha value is -0.770. The van der Waals surface area contributed by atoms with Crippen LogP contribution >= 0.6 is 34.5 Å². The zero-order chi connectivity index (χ0) is 12.6. The Morgan fingerprint density at radius 3 is 2.53 bits per heavy atom. The van der Waals surface area contributed by atoms with Crippen molar-refractivity contribution >= 4 is 39.7 Å². The number of nitrogens with zero attached hydrogens (tertiary/aromatic N) is 1. The van der Waals surface area contributed by atoms with E-state index in [-0.39, 0.29) is 5.41 Å². The highest BCUT2D eigenvalue weighted by Gasteiger charge is 2.28. The molecule has 0 fully saturated rings. The molecule has 2 rings (SSSR count). The van der Waals surface area contributed by atoms with Gasteiger partial charge in [-0.15, -0.1) is 11.3 Å². The molecule has 0 bridgehead atoms. The molecule has 0 unspecified atom stereocenters. The van der Waals surface area contributed by atoms with Crippen LogP contribution in [0.1, 0.15) is 25.1 Å². The maximum absolute atomic E-state index is 6.23. The number of anilines is 1. The van der Waals surface area contributed by atoms with Crippen LogP contribution in [0.15, 0.2) is 23.6 Å². The van der Waals surface area contributed by atoms with Crippen LogP contribution in [-0.2, 0) is 5.41 Å². The molecular weight excluding hydrogens is 275 g/mol. The van der Waals surface area contributed by atoms with Gasteiger partial charge in [-0.3, -0.25) is 0 Å². The summed E-state index contributed by atoms with van der Waals surface area (Å²) in [5, 5.41) is 3.81. The van der Waals surface area contributed by atoms with Crippen molar-refractivity contribution in [3.05, 3.63) is 44.9 Å². The van der Waals surface area contributed by atoms with Gasteiger partial charge >= 0.3 is 0 Å². The third kappa shape index (κ3) is 2.41. The molecule has 1 aromatic heterocycles. The van der Waals surface area contributed by atoms with Crippen molar-refractivity contribution in [2.75, 3.05) is 5.73 Å². The second-order valence-corrected chi connectivity index (χ2v) is 6.05. The normalized spacial score (nSPS) is 11.8. The first-order valence-electron chi connectivity index (χ1n) is 5.08. The number of thiazole rings is 1. The standard InChI is InChI=1S/C12H12Cl2N2S/c1-12(2,10-6-17-11(15)16-10)8-4-3-7(13)5-9(8)14/h3-6H,1-2H3,(H2,15,16). The van der Waals surface area contributed by atoms with Crippen molar-refractivity contribution in [1.29, 1.82) is 0 Å². The number of rotatable bonds is 2. The van der Waals surface area contributed by atoms with Crippen LogP contribution in [-0.4, -0.2) is 4.98 Å². The summed E-state index contributed by atoms with van der Waals surface area (Å²) in [5.41, 5.74) is 7.30. The maximum atomic E-state index is 6.23. The van der Waals surface area contributed by atoms with Crippen molar-refractivity contribution in [2.45, 2.75) is 19.3 Å². The minimum absolute atomic E-state index is 0.282. The van der Waals surface area contributed by atoms with E-state index in [1.807, 2.05) is 17.5 Å². The fourth-order valence-electron chi connectivity index (χ4n) is 1.71. The van der Waals surface area contributed by atoms with E-state index in [4.69, 9.17) is 28.9 Å². The smallest absolute Gasteiger partial charge is 0.180 e. The number of hydrogen-bond acceptors (Lipinski definition) is 3. The summed E-state index contributed by atoms with van der Waals surface area (Å²) in [6.45, 7) is 4.13. The summed E-state index contributed by atoms with van der Waals surface area (Å²) in [4.78, 5) is 4.33. The molecule has 0 saturated heterocycles. The van der Waals surface area contributed by atoms with E-state index in [2.05, 4.69) is 18.8 Å². The molecular formula is C12H12Cl2N2S. The first-order valence-corrected chi connectivity index (χ1v) is 6.72. The van der Waals surface area contributed by atoms with Crippen LogP contribution < -0.4 is 5.73 Å². The SMILES string of the molecule is CC(C)(c1csc(N)n1)c1ccc(Cl)cc1Cl. The van der Waals surface area contributed by atoms with Gasteiger partial charge in [0.25, 0.3) is 0 Å². The van der Waals surface area contributed by atoms with E-state index in [9.17, 15) is 0 Å². The highest BCUT2D eigenvalue weighted by Crippen LogP contribution is 2.37. The number of nitrogen functional groups attached to an aromatic ring is 1. The third-order valence-electron chi connectivity index (χ3n) is 2.77. The van der Waals surface area contributed by atoms with Gasteiger partial charge in [-0.05, 0) is 17.7 Å². The van der Waals surface area contributed by atoms with Gasteiger partial charge in [0, 0.05) is 20.8 Å². The number of nitrogens with two attached hydrogens (primary N) is 1. The summed E-state index contributed by atoms with van der Waals surface area (Å²) in [7, 11) is 0. The molecule has 0 aliphatic carbocycles. The summed E-state index contributed by atoms with van der Waals surface area (Å²) < 4.78 is 0. The lowest BCUT2D eigenvalue weighted by Gasteiger charge is -2.24. The molecule has 0 atom stereocenters. The van der Waals surface area contributed by atoms with Gasteiger partial charge in [0.05, 0.1) is 5.69 Å². The van der Waals surface area contributed by atoms with Crippen molar-refractivity contribution in [3.8, 4) is 0 Å². The average Bonchev–Trinajstić information content (AvgIpc) is 2.64. The van der Waals surface area contributed by atoms with Crippen molar-refractivity contribution in [1.82, 2.24) is 4.98 Å². The minimum Gasteiger partial charge on any atom is -0.375 e. The number of aromatic nitrogens is 1. The van der Waals surface area contributed by atoms with Crippen molar-refractivity contribution in [3.63, 3.8) is 0 Å². The molecule has 0 aliphatic heterocycles. The van der Waals surface area contributed by atoms with Crippen LogP contribution in [0.3, 0.4) is 0 Å². The molecule has 0 amide bonds. The molecule has 0 radical (unpaired) electrons. The lowest BCUT2D eigenvalue weighted by Crippen LogP contribution is -2.20. The largest absolute Gasteiger partial charge is 0.375 e. The van der Waals surface area contributed by atoms with Gasteiger partial charge in [-0.2, -0.15) is 0 Å². The highest BCUT2D eigenvalue weighted by molar-refractivity contribution is 7.13. The molecule has 0 spiro atoms. The molecule has 1 heterocycles. The van der Waals surface area contributed by atoms with Crippen LogP contribution in [0.5, 0.6) is 0 Å². The highest BCUT2D eigenvalue weighted by atomic mass is 35.5. The van der Waals surface area contributed by atoms with Crippen LogP contribution in [0.4, 0.5) is 5.13 Å². The molecule has 0 aliphatic rings. The van der Waals surface area contributed by atoms with E-state index in [0.29, 0.717) is 15.2 Å². The number of benzene rings is 1. The van der Waals surface area contributed by atoms with E-state index in [0.717, 1.165) is 11.3 Å². The van der Waals surface area contributed by atoms with Crippen molar-refractivity contribution in [2.24, 2.45) is 0 Å². The topological polar surface area (TPSA) is 38.9 Å². The summed E-state index contributed by atoms with van der Waals surface area (Å²) in [6.07, 6.45) is 0. The van der Waals surface area contributed by atoms with Gasteiger partial charge in [0.2, 0.25) is 0 Å². The Bertz CT molecular complexity index is 549. The molecule has 0 saturated carbocycles. The predicted molar refractivity (Wildman–Crippen MR) is 75.1 cm³/mol. The fourth-order valence-corrected chi connectivity index (χ4v) is 3.08. The molecule has 2 aromatic rings. The first kappa shape index (κ1) is 12.7. The van der Waals surface area contributed by atoms with E-state index in [1.54, 1.807) is 6.07 Å². The Balaban J connectivity index is 2.51. The Morgan fingerprint density at radius 1 is 1.29 bits per heavy atom. The average molecular weight is 287 g/mol. The lowest BCUT2D eigenvalue weighted by atomic mass is 9.82. The molecule has 1 aromatic carbocycles. The number of hydrogen-bond donors (Lipinski definition) is 1. The fraction of sp³-hybridized carbons (Fsp3) is 0.250. The van der Waals surface area contributed by atoms with E-state index in [1.165, 1.54) is 11.3 Å². The molecule has 90 valence electrons. The van der Waals surface area contributed by atoms with Gasteiger partial charge in [0.1, 0.15) is 0 Å². The van der Waals surface area contributed by atoms with Gasteiger partial charge in [-0.25, -0.2) is 4.98 Å². The second kappa shape index (κ2) is 4.48. The zero-order valence-corrected chi connectivity index (χ0v) is 11.8. The summed E-state index contributed by atoms with van der Waals surface area (Å²) >= 11 is 13.6. The minimum atomic E-state index is -0.282. The Morgan fingerprint density at radius 2 is 2.00 bits per heavy atom. The molecule has 17 heavy (non-hydrogen) atoms. The predicted octanol–water partition coefficient (Wildman–Crippen LogP) is 4.36. The summed E-state index contributed by atoms with van der Waals surface area (Å²) in [6, 6.07) is 5.51. The number of halogens is 2. The van der Waals surface area contributed by atoms with Crippen LogP contribution in [0.25, 0.3) is 0 Å². The second-order valence-electron chi connectivity index (χ2n) is 4.32. The monoisotopic (exact) mass is 286 g/mol. The van der Waals surface area contributed by atoms with E-state index >= 15 is 0 Å². The van der Waals surface area contributed by atoms with Gasteiger partial charge in [0.15, 0.2) is 5.13 Å². The maximum Gasteiger partial charge on any atom is 0.180 e. The zero-order valence-electron chi connectivity index (χ0n) is 9.50. The first-order chi connectivity index (χ1) is 7.91. The summed E-state index contributed by atoms with van der Waals surface area (Å²) in [5.74, 6) is 0. The van der Waals surface area contributed by atoms with Crippen LogP contribution in [0.2, 0.25) is 10.0 Å².